The highest BCUT2D eigenvalue weighted by Gasteiger charge is 2.14. The summed E-state index contributed by atoms with van der Waals surface area (Å²) in [7, 11) is 0. The molecule has 0 aromatic heterocycles. The number of halogens is 1. The third kappa shape index (κ3) is 2.60. The number of carboxylic acids is 1. The van der Waals surface area contributed by atoms with Crippen LogP contribution in [0.4, 0.5) is 15.8 Å². The van der Waals surface area contributed by atoms with Crippen molar-refractivity contribution in [1.82, 2.24) is 0 Å². The van der Waals surface area contributed by atoms with Gasteiger partial charge in [0, 0.05) is 6.04 Å². The summed E-state index contributed by atoms with van der Waals surface area (Å²) in [5, 5.41) is 20.2. The number of hydrogen-bond acceptors (Lipinski definition) is 4. The second-order valence-electron chi connectivity index (χ2n) is 3.45. The third-order valence-corrected chi connectivity index (χ3v) is 2.05. The van der Waals surface area contributed by atoms with Crippen LogP contribution in [0.5, 0.6) is 0 Å². The molecule has 16 heavy (non-hydrogen) atoms. The molecule has 0 radical (unpaired) electrons. The van der Waals surface area contributed by atoms with E-state index in [9.17, 15) is 9.18 Å². The van der Waals surface area contributed by atoms with Gasteiger partial charge in [0.1, 0.15) is 5.82 Å². The van der Waals surface area contributed by atoms with Crippen molar-refractivity contribution in [3.8, 4) is 0 Å². The maximum atomic E-state index is 13.3. The molecule has 6 heteroatoms. The van der Waals surface area contributed by atoms with Gasteiger partial charge in [-0.15, -0.1) is 0 Å². The summed E-state index contributed by atoms with van der Waals surface area (Å²) in [5.41, 5.74) is 5.48. The zero-order chi connectivity index (χ0) is 12.3. The van der Waals surface area contributed by atoms with Gasteiger partial charge in [0.25, 0.3) is 0 Å². The van der Waals surface area contributed by atoms with E-state index in [2.05, 4.69) is 5.32 Å². The van der Waals surface area contributed by atoms with E-state index in [0.29, 0.717) is 0 Å². The molecule has 0 aliphatic rings. The van der Waals surface area contributed by atoms with E-state index in [1.807, 2.05) is 0 Å². The Morgan fingerprint density at radius 1 is 1.62 bits per heavy atom. The minimum Gasteiger partial charge on any atom is -0.478 e. The molecule has 5 nitrogen and oxygen atoms in total. The summed E-state index contributed by atoms with van der Waals surface area (Å²) in [6.45, 7) is 1.55. The first-order valence-corrected chi connectivity index (χ1v) is 4.65. The van der Waals surface area contributed by atoms with Crippen molar-refractivity contribution >= 4 is 17.3 Å². The molecule has 0 heterocycles. The third-order valence-electron chi connectivity index (χ3n) is 2.05. The van der Waals surface area contributed by atoms with Crippen molar-refractivity contribution in [3.05, 3.63) is 23.5 Å². The molecule has 0 amide bonds. The van der Waals surface area contributed by atoms with Gasteiger partial charge < -0.3 is 21.3 Å². The lowest BCUT2D eigenvalue weighted by Gasteiger charge is -2.15. The van der Waals surface area contributed by atoms with E-state index in [1.54, 1.807) is 6.92 Å². The minimum atomic E-state index is -1.37. The van der Waals surface area contributed by atoms with Gasteiger partial charge >= 0.3 is 5.97 Å². The first-order chi connectivity index (χ1) is 7.45. The predicted molar refractivity (Wildman–Crippen MR) is 57.9 cm³/mol. The van der Waals surface area contributed by atoms with Crippen LogP contribution in [0.2, 0.25) is 0 Å². The average molecular weight is 228 g/mol. The Bertz CT molecular complexity index is 409. The van der Waals surface area contributed by atoms with E-state index in [-0.39, 0.29) is 24.0 Å². The summed E-state index contributed by atoms with van der Waals surface area (Å²) in [6, 6.07) is 1.76. The predicted octanol–water partition coefficient (Wildman–Crippen LogP) is 0.899. The number of anilines is 2. The molecule has 1 rings (SSSR count). The van der Waals surface area contributed by atoms with Gasteiger partial charge in [-0.3, -0.25) is 0 Å². The number of aliphatic hydroxyl groups is 1. The first kappa shape index (κ1) is 12.3. The number of nitrogens with two attached hydrogens (primary N) is 1. The number of nitrogens with one attached hydrogen (secondary N) is 1. The second-order valence-corrected chi connectivity index (χ2v) is 3.45. The fraction of sp³-hybridized carbons (Fsp3) is 0.300. The fourth-order valence-corrected chi connectivity index (χ4v) is 1.19. The highest BCUT2D eigenvalue weighted by Crippen LogP contribution is 2.23. The van der Waals surface area contributed by atoms with E-state index >= 15 is 0 Å². The molecule has 0 saturated carbocycles. The summed E-state index contributed by atoms with van der Waals surface area (Å²) < 4.78 is 13.3. The summed E-state index contributed by atoms with van der Waals surface area (Å²) in [4.78, 5) is 10.6. The second kappa shape index (κ2) is 4.80. The highest BCUT2D eigenvalue weighted by molar-refractivity contribution is 5.90. The Hall–Kier alpha value is -1.82. The lowest BCUT2D eigenvalue weighted by atomic mass is 10.1. The highest BCUT2D eigenvalue weighted by atomic mass is 19.1. The minimum absolute atomic E-state index is 0.124. The molecule has 5 N–H and O–H groups in total. The molecule has 0 fully saturated rings. The van der Waals surface area contributed by atoms with Gasteiger partial charge in [0.2, 0.25) is 0 Å². The van der Waals surface area contributed by atoms with E-state index in [4.69, 9.17) is 15.9 Å². The van der Waals surface area contributed by atoms with Crippen molar-refractivity contribution in [2.75, 3.05) is 17.7 Å². The summed E-state index contributed by atoms with van der Waals surface area (Å²) >= 11 is 0. The number of carbonyl (C=O) groups is 1. The van der Waals surface area contributed by atoms with Crippen LogP contribution in [0.3, 0.4) is 0 Å². The Morgan fingerprint density at radius 3 is 2.75 bits per heavy atom. The molecule has 0 aliphatic carbocycles. The Morgan fingerprint density at radius 2 is 2.25 bits per heavy atom. The lowest BCUT2D eigenvalue weighted by molar-refractivity contribution is 0.0692. The number of rotatable bonds is 4. The van der Waals surface area contributed by atoms with Crippen molar-refractivity contribution < 1.29 is 19.4 Å². The van der Waals surface area contributed by atoms with Crippen molar-refractivity contribution in [3.63, 3.8) is 0 Å². The van der Waals surface area contributed by atoms with E-state index in [1.165, 1.54) is 0 Å². The van der Waals surface area contributed by atoms with Crippen LogP contribution in [-0.2, 0) is 0 Å². The van der Waals surface area contributed by atoms with Crippen molar-refractivity contribution in [1.29, 1.82) is 0 Å². The quantitative estimate of drug-likeness (QED) is 0.574. The molecule has 0 bridgehead atoms. The van der Waals surface area contributed by atoms with Gasteiger partial charge in [-0.25, -0.2) is 9.18 Å². The van der Waals surface area contributed by atoms with Gasteiger partial charge in [0.05, 0.1) is 23.5 Å². The van der Waals surface area contributed by atoms with Crippen LogP contribution < -0.4 is 11.1 Å². The van der Waals surface area contributed by atoms with Crippen LogP contribution in [-0.4, -0.2) is 28.8 Å². The average Bonchev–Trinajstić information content (AvgIpc) is 2.22. The Balaban J connectivity index is 3.05. The number of hydrogen-bond donors (Lipinski definition) is 4. The van der Waals surface area contributed by atoms with Crippen LogP contribution in [0, 0.1) is 5.82 Å². The zero-order valence-corrected chi connectivity index (χ0v) is 8.70. The summed E-state index contributed by atoms with van der Waals surface area (Å²) in [5.74, 6) is -2.24. The zero-order valence-electron chi connectivity index (χ0n) is 8.70. The monoisotopic (exact) mass is 228 g/mol. The Kier molecular flexibility index (Phi) is 3.68. The number of aromatic carboxylic acids is 1. The smallest absolute Gasteiger partial charge is 0.338 e. The maximum absolute atomic E-state index is 13.3. The molecule has 1 aromatic rings. The van der Waals surface area contributed by atoms with Gasteiger partial charge in [-0.2, -0.15) is 0 Å². The molecule has 0 saturated heterocycles. The molecule has 1 atom stereocenters. The number of carboxylic acid groups (broad SMARTS) is 1. The molecule has 0 aliphatic heterocycles. The molecular formula is C10H13FN2O3. The van der Waals surface area contributed by atoms with Crippen LogP contribution in [0.1, 0.15) is 17.3 Å². The van der Waals surface area contributed by atoms with E-state index in [0.717, 1.165) is 12.1 Å². The van der Waals surface area contributed by atoms with Gasteiger partial charge in [0.15, 0.2) is 0 Å². The number of aliphatic hydroxyl groups excluding tert-OH is 1. The van der Waals surface area contributed by atoms with E-state index < -0.39 is 17.3 Å². The topological polar surface area (TPSA) is 95.6 Å². The van der Waals surface area contributed by atoms with Crippen molar-refractivity contribution in [2.45, 2.75) is 13.0 Å². The SMILES string of the molecule is CC(CO)Nc1cc(F)c(C(=O)O)cc1N. The van der Waals surface area contributed by atoms with Gasteiger partial charge in [-0.05, 0) is 19.1 Å². The molecule has 1 aromatic carbocycles. The normalized spacial score (nSPS) is 12.2. The fourth-order valence-electron chi connectivity index (χ4n) is 1.19. The molecule has 88 valence electrons. The Labute approximate surface area is 91.7 Å². The van der Waals surface area contributed by atoms with Gasteiger partial charge in [-0.1, -0.05) is 0 Å². The first-order valence-electron chi connectivity index (χ1n) is 4.65. The molecule has 0 spiro atoms. The number of nitrogen functional groups attached to an aromatic ring is 1. The maximum Gasteiger partial charge on any atom is 0.338 e. The molecular weight excluding hydrogens is 215 g/mol. The molecule has 1 unspecified atom stereocenters. The standard InChI is InChI=1S/C10H13FN2O3/c1-5(4-14)13-9-3-7(11)6(10(15)16)2-8(9)12/h2-3,5,13-14H,4,12H2,1H3,(H,15,16). The largest absolute Gasteiger partial charge is 0.478 e. The van der Waals surface area contributed by atoms with Crippen LogP contribution in [0.25, 0.3) is 0 Å². The number of benzene rings is 1. The summed E-state index contributed by atoms with van der Waals surface area (Å²) in [6.07, 6.45) is 0. The van der Waals surface area contributed by atoms with Crippen molar-refractivity contribution in [2.24, 2.45) is 0 Å². The van der Waals surface area contributed by atoms with Crippen LogP contribution in [0.15, 0.2) is 12.1 Å². The van der Waals surface area contributed by atoms with Crippen LogP contribution >= 0.6 is 0 Å². The lowest BCUT2D eigenvalue weighted by Crippen LogP contribution is -2.20.